The van der Waals surface area contributed by atoms with Crippen LogP contribution in [0.5, 0.6) is 0 Å². The molecule has 0 spiro atoms. The maximum Gasteiger partial charge on any atom is 0.510 e. The molecule has 0 radical (unpaired) electrons. The number of fused-ring (bicyclic) bond motifs is 2. The second-order valence-electron chi connectivity index (χ2n) is 7.83. The number of carbonyl (C=O) groups excluding carboxylic acids is 1. The molecule has 1 aliphatic rings. The van der Waals surface area contributed by atoms with Gasteiger partial charge in [-0.25, -0.2) is 18.9 Å². The maximum atomic E-state index is 14.9. The van der Waals surface area contributed by atoms with Gasteiger partial charge in [-0.15, -0.1) is 0 Å². The fourth-order valence-corrected chi connectivity index (χ4v) is 4.18. The summed E-state index contributed by atoms with van der Waals surface area (Å²) in [7, 11) is -0.00498. The Labute approximate surface area is 182 Å². The number of aromatic nitrogens is 5. The molecule has 4 heterocycles. The van der Waals surface area contributed by atoms with Crippen molar-refractivity contribution in [2.24, 2.45) is 7.05 Å². The lowest BCUT2D eigenvalue weighted by molar-refractivity contribution is 0.0585. The van der Waals surface area contributed by atoms with Crippen LogP contribution in [0.25, 0.3) is 17.2 Å². The van der Waals surface area contributed by atoms with E-state index in [9.17, 15) is 19.2 Å². The summed E-state index contributed by atoms with van der Waals surface area (Å²) in [4.78, 5) is 23.7. The van der Waals surface area contributed by atoms with Gasteiger partial charge in [0.25, 0.3) is 5.91 Å². The van der Waals surface area contributed by atoms with Crippen molar-refractivity contribution < 1.29 is 19.2 Å². The summed E-state index contributed by atoms with van der Waals surface area (Å²) in [5, 5.41) is 23.3. The van der Waals surface area contributed by atoms with Crippen LogP contribution in [0.4, 0.5) is 4.39 Å². The molecule has 2 unspecified atom stereocenters. The van der Waals surface area contributed by atoms with Crippen LogP contribution in [0.15, 0.2) is 48.8 Å². The van der Waals surface area contributed by atoms with Crippen LogP contribution < -0.4 is 5.59 Å². The molecule has 0 bridgehead atoms. The molecule has 9 nitrogen and oxygen atoms in total. The molecule has 5 rings (SSSR count). The Kier molecular flexibility index (Phi) is 4.79. The molecule has 0 aliphatic carbocycles. The number of halogens is 1. The van der Waals surface area contributed by atoms with Crippen molar-refractivity contribution in [3.63, 3.8) is 0 Å². The first-order valence-corrected chi connectivity index (χ1v) is 10.1. The minimum Gasteiger partial charge on any atom is -0.422 e. The highest BCUT2D eigenvalue weighted by molar-refractivity contribution is 6.57. The van der Waals surface area contributed by atoms with Gasteiger partial charge in [-0.2, -0.15) is 5.10 Å². The van der Waals surface area contributed by atoms with Gasteiger partial charge in [0.15, 0.2) is 11.5 Å². The van der Waals surface area contributed by atoms with E-state index in [0.29, 0.717) is 17.1 Å². The van der Waals surface area contributed by atoms with E-state index in [1.165, 1.54) is 15.5 Å². The van der Waals surface area contributed by atoms with Gasteiger partial charge >= 0.3 is 7.12 Å². The van der Waals surface area contributed by atoms with Crippen LogP contribution in [0.2, 0.25) is 0 Å². The Balaban J connectivity index is 1.63. The van der Waals surface area contributed by atoms with Gasteiger partial charge in [-0.05, 0) is 24.1 Å². The van der Waals surface area contributed by atoms with Gasteiger partial charge in [0.05, 0.1) is 18.2 Å². The second-order valence-corrected chi connectivity index (χ2v) is 7.83. The quantitative estimate of drug-likeness (QED) is 0.467. The first-order valence-electron chi connectivity index (χ1n) is 10.1. The lowest BCUT2D eigenvalue weighted by atomic mass is 9.87. The van der Waals surface area contributed by atoms with Crippen LogP contribution in [0.1, 0.15) is 40.8 Å². The standard InChI is InChI=1S/C21H20BFN6O3/c1-12-13-5-3-4-6-14(13)15(23)11-28(12)21(30)16-9-17(20-24-7-8-27(20)2)29-19(25-16)10-18(26-29)22(31)32/h3-10,12,15,31-32H,11H2,1-2H3. The van der Waals surface area contributed by atoms with Crippen LogP contribution in [-0.4, -0.2) is 58.7 Å². The molecule has 3 aromatic heterocycles. The highest BCUT2D eigenvalue weighted by atomic mass is 19.1. The molecule has 2 atom stereocenters. The van der Waals surface area contributed by atoms with Gasteiger partial charge < -0.3 is 19.5 Å². The van der Waals surface area contributed by atoms with Gasteiger partial charge in [-0.3, -0.25) is 4.79 Å². The summed E-state index contributed by atoms with van der Waals surface area (Å²) in [6, 6.07) is 9.79. The highest BCUT2D eigenvalue weighted by Crippen LogP contribution is 2.37. The van der Waals surface area contributed by atoms with E-state index in [2.05, 4.69) is 15.1 Å². The Morgan fingerprint density at radius 3 is 2.66 bits per heavy atom. The van der Waals surface area contributed by atoms with Gasteiger partial charge in [0.1, 0.15) is 17.6 Å². The first-order chi connectivity index (χ1) is 15.3. The minimum absolute atomic E-state index is 0.0124. The smallest absolute Gasteiger partial charge is 0.422 e. The van der Waals surface area contributed by atoms with Gasteiger partial charge in [0, 0.05) is 25.5 Å². The van der Waals surface area contributed by atoms with E-state index >= 15 is 0 Å². The number of rotatable bonds is 3. The van der Waals surface area contributed by atoms with Crippen molar-refractivity contribution in [2.75, 3.05) is 6.54 Å². The fourth-order valence-electron chi connectivity index (χ4n) is 4.18. The number of hydrogen-bond donors (Lipinski definition) is 2. The van der Waals surface area contributed by atoms with Gasteiger partial charge in [-0.1, -0.05) is 24.3 Å². The molecule has 162 valence electrons. The lowest BCUT2D eigenvalue weighted by Crippen LogP contribution is -2.40. The minimum atomic E-state index is -1.80. The second kappa shape index (κ2) is 7.54. The van der Waals surface area contributed by atoms with E-state index in [0.717, 1.165) is 5.56 Å². The molecule has 1 aromatic carbocycles. The number of amides is 1. The molecule has 1 amide bonds. The largest absolute Gasteiger partial charge is 0.510 e. The van der Waals surface area contributed by atoms with Crippen molar-refractivity contribution >= 4 is 24.3 Å². The van der Waals surface area contributed by atoms with Crippen molar-refractivity contribution in [1.82, 2.24) is 29.0 Å². The van der Waals surface area contributed by atoms with E-state index in [1.807, 2.05) is 19.1 Å². The van der Waals surface area contributed by atoms with E-state index in [4.69, 9.17) is 0 Å². The third-order valence-corrected chi connectivity index (χ3v) is 5.85. The van der Waals surface area contributed by atoms with Crippen molar-refractivity contribution in [2.45, 2.75) is 19.1 Å². The molecular weight excluding hydrogens is 414 g/mol. The predicted molar refractivity (Wildman–Crippen MR) is 115 cm³/mol. The molecule has 32 heavy (non-hydrogen) atoms. The number of carbonyl (C=O) groups is 1. The van der Waals surface area contributed by atoms with Crippen molar-refractivity contribution in [3.05, 3.63) is 65.6 Å². The van der Waals surface area contributed by atoms with Crippen LogP contribution in [-0.2, 0) is 7.05 Å². The van der Waals surface area contributed by atoms with E-state index < -0.39 is 19.2 Å². The number of hydrogen-bond acceptors (Lipinski definition) is 6. The van der Waals surface area contributed by atoms with Crippen molar-refractivity contribution in [3.8, 4) is 11.5 Å². The van der Waals surface area contributed by atoms with Crippen LogP contribution in [0.3, 0.4) is 0 Å². The lowest BCUT2D eigenvalue weighted by Gasteiger charge is -2.36. The zero-order chi connectivity index (χ0) is 22.6. The number of aryl methyl sites for hydroxylation is 1. The first kappa shape index (κ1) is 20.3. The molecule has 4 aromatic rings. The SMILES string of the molecule is CC1c2ccccc2C(F)CN1C(=O)c1cc(-c2nccn2C)n2nc(B(O)O)cc2n1. The summed E-state index contributed by atoms with van der Waals surface area (Å²) in [5.74, 6) is 0.0776. The molecule has 1 aliphatic heterocycles. The zero-order valence-corrected chi connectivity index (χ0v) is 17.4. The summed E-state index contributed by atoms with van der Waals surface area (Å²) in [5.41, 5.74) is 2.13. The number of nitrogens with zero attached hydrogens (tertiary/aromatic N) is 6. The zero-order valence-electron chi connectivity index (χ0n) is 17.4. The average molecular weight is 434 g/mol. The van der Waals surface area contributed by atoms with Crippen LogP contribution in [0, 0.1) is 0 Å². The Morgan fingerprint density at radius 2 is 1.97 bits per heavy atom. The Hall–Kier alpha value is -3.57. The highest BCUT2D eigenvalue weighted by Gasteiger charge is 2.35. The molecular formula is C21H20BFN6O3. The number of imidazole rings is 1. The number of alkyl halides is 1. The summed E-state index contributed by atoms with van der Waals surface area (Å²) >= 11 is 0. The fraction of sp³-hybridized carbons (Fsp3) is 0.238. The topological polar surface area (TPSA) is 109 Å². The van der Waals surface area contributed by atoms with Crippen molar-refractivity contribution in [1.29, 1.82) is 0 Å². The molecule has 0 saturated carbocycles. The van der Waals surface area contributed by atoms with Gasteiger partial charge in [0.2, 0.25) is 0 Å². The van der Waals surface area contributed by atoms with Crippen LogP contribution >= 0.6 is 0 Å². The predicted octanol–water partition coefficient (Wildman–Crippen LogP) is 1.04. The monoisotopic (exact) mass is 434 g/mol. The summed E-state index contributed by atoms with van der Waals surface area (Å²) in [6.07, 6.45) is 2.05. The van der Waals surface area contributed by atoms with E-state index in [1.54, 1.807) is 42.2 Å². The third-order valence-electron chi connectivity index (χ3n) is 5.85. The summed E-state index contributed by atoms with van der Waals surface area (Å²) < 4.78 is 18.0. The van der Waals surface area contributed by atoms with E-state index in [-0.39, 0.29) is 29.5 Å². The molecule has 2 N–H and O–H groups in total. The molecule has 0 saturated heterocycles. The normalized spacial score (nSPS) is 18.1. The molecule has 0 fully saturated rings. The maximum absolute atomic E-state index is 14.9. The summed E-state index contributed by atoms with van der Waals surface area (Å²) in [6.45, 7) is 1.78. The average Bonchev–Trinajstić information content (AvgIpc) is 3.41. The molecule has 11 heteroatoms. The Morgan fingerprint density at radius 1 is 1.22 bits per heavy atom. The number of benzene rings is 1. The Bertz CT molecular complexity index is 1340. The third kappa shape index (κ3) is 3.17.